The van der Waals surface area contributed by atoms with Crippen LogP contribution in [0.25, 0.3) is 22.9 Å². The second-order valence-electron chi connectivity index (χ2n) is 4.01. The number of nitrogens with two attached hydrogens (primary N) is 1. The fourth-order valence-electron chi connectivity index (χ4n) is 1.71. The van der Waals surface area contributed by atoms with Crippen LogP contribution >= 0.6 is 11.6 Å². The summed E-state index contributed by atoms with van der Waals surface area (Å²) in [7, 11) is 0. The third kappa shape index (κ3) is 2.30. The molecule has 2 N–H and O–H groups in total. The molecule has 0 radical (unpaired) electrons. The van der Waals surface area contributed by atoms with Gasteiger partial charge in [-0.25, -0.2) is 0 Å². The average Bonchev–Trinajstić information content (AvgIpc) is 2.89. The lowest BCUT2D eigenvalue weighted by atomic mass is 10.2. The fourth-order valence-corrected chi connectivity index (χ4v) is 1.93. The van der Waals surface area contributed by atoms with Crippen molar-refractivity contribution in [1.29, 1.82) is 0 Å². The van der Waals surface area contributed by atoms with E-state index in [9.17, 15) is 0 Å². The van der Waals surface area contributed by atoms with E-state index in [4.69, 9.17) is 21.8 Å². The van der Waals surface area contributed by atoms with Crippen LogP contribution in [0.1, 0.15) is 0 Å². The summed E-state index contributed by atoms with van der Waals surface area (Å²) >= 11 is 6.09. The van der Waals surface area contributed by atoms with Crippen LogP contribution in [-0.4, -0.2) is 10.2 Å². The largest absolute Gasteiger partial charge is 0.416 e. The van der Waals surface area contributed by atoms with Gasteiger partial charge in [0.1, 0.15) is 0 Å². The molecule has 1 heterocycles. The first kappa shape index (κ1) is 11.7. The maximum Gasteiger partial charge on any atom is 0.249 e. The van der Waals surface area contributed by atoms with Gasteiger partial charge in [0.2, 0.25) is 11.8 Å². The maximum absolute atomic E-state index is 6.09. The molecule has 0 aliphatic rings. The second kappa shape index (κ2) is 4.74. The van der Waals surface area contributed by atoms with Crippen molar-refractivity contribution in [2.24, 2.45) is 0 Å². The van der Waals surface area contributed by atoms with Gasteiger partial charge in [0.05, 0.1) is 10.6 Å². The van der Waals surface area contributed by atoms with Crippen LogP contribution in [0.2, 0.25) is 5.02 Å². The molecule has 0 aliphatic carbocycles. The summed E-state index contributed by atoms with van der Waals surface area (Å²) in [6, 6.07) is 14.6. The van der Waals surface area contributed by atoms with Gasteiger partial charge in [-0.15, -0.1) is 10.2 Å². The fraction of sp³-hybridized carbons (Fsp3) is 0. The molecule has 0 aliphatic heterocycles. The van der Waals surface area contributed by atoms with E-state index in [0.717, 1.165) is 11.1 Å². The summed E-state index contributed by atoms with van der Waals surface area (Å²) in [5.74, 6) is 0.840. The van der Waals surface area contributed by atoms with E-state index in [1.807, 2.05) is 30.3 Å². The standard InChI is InChI=1S/C14H10ClN3O/c15-12-4-2-1-3-11(12)14-18-17-13(19-14)9-5-7-10(16)8-6-9/h1-8H,16H2. The molecule has 3 aromatic rings. The molecule has 4 nitrogen and oxygen atoms in total. The van der Waals surface area contributed by atoms with Crippen molar-refractivity contribution in [2.75, 3.05) is 5.73 Å². The van der Waals surface area contributed by atoms with Gasteiger partial charge in [-0.1, -0.05) is 23.7 Å². The number of nitrogen functional groups attached to an aromatic ring is 1. The molecule has 0 saturated carbocycles. The molecule has 94 valence electrons. The molecular formula is C14H10ClN3O. The highest BCUT2D eigenvalue weighted by Crippen LogP contribution is 2.29. The lowest BCUT2D eigenvalue weighted by Crippen LogP contribution is -1.83. The van der Waals surface area contributed by atoms with Crippen LogP contribution in [0.5, 0.6) is 0 Å². The number of benzene rings is 2. The molecule has 0 amide bonds. The van der Waals surface area contributed by atoms with Gasteiger partial charge in [0.15, 0.2) is 0 Å². The van der Waals surface area contributed by atoms with E-state index >= 15 is 0 Å². The van der Waals surface area contributed by atoms with Crippen LogP contribution in [0.3, 0.4) is 0 Å². The van der Waals surface area contributed by atoms with Crippen molar-refractivity contribution in [3.05, 3.63) is 53.6 Å². The first-order valence-electron chi connectivity index (χ1n) is 5.68. The van der Waals surface area contributed by atoms with E-state index in [2.05, 4.69) is 10.2 Å². The minimum atomic E-state index is 0.400. The van der Waals surface area contributed by atoms with Gasteiger partial charge in [-0.3, -0.25) is 0 Å². The smallest absolute Gasteiger partial charge is 0.249 e. The van der Waals surface area contributed by atoms with Crippen molar-refractivity contribution in [3.63, 3.8) is 0 Å². The van der Waals surface area contributed by atoms with Crippen LogP contribution in [-0.2, 0) is 0 Å². The average molecular weight is 272 g/mol. The number of anilines is 1. The van der Waals surface area contributed by atoms with Gasteiger partial charge in [0, 0.05) is 11.3 Å². The predicted octanol–water partition coefficient (Wildman–Crippen LogP) is 3.64. The van der Waals surface area contributed by atoms with Crippen molar-refractivity contribution in [2.45, 2.75) is 0 Å². The Bertz CT molecular complexity index is 707. The Morgan fingerprint density at radius 1 is 0.895 bits per heavy atom. The lowest BCUT2D eigenvalue weighted by Gasteiger charge is -1.97. The van der Waals surface area contributed by atoms with Crippen molar-refractivity contribution in [3.8, 4) is 22.9 Å². The van der Waals surface area contributed by atoms with Crippen LogP contribution in [0, 0.1) is 0 Å². The summed E-state index contributed by atoms with van der Waals surface area (Å²) < 4.78 is 5.63. The van der Waals surface area contributed by atoms with Gasteiger partial charge < -0.3 is 10.2 Å². The molecule has 5 heteroatoms. The topological polar surface area (TPSA) is 64.9 Å². The van der Waals surface area contributed by atoms with Gasteiger partial charge >= 0.3 is 0 Å². The molecule has 19 heavy (non-hydrogen) atoms. The molecular weight excluding hydrogens is 262 g/mol. The van der Waals surface area contributed by atoms with E-state index in [1.54, 1.807) is 18.2 Å². The Morgan fingerprint density at radius 2 is 1.58 bits per heavy atom. The minimum Gasteiger partial charge on any atom is -0.416 e. The zero-order valence-electron chi connectivity index (χ0n) is 9.88. The van der Waals surface area contributed by atoms with Crippen LogP contribution in [0.4, 0.5) is 5.69 Å². The highest BCUT2D eigenvalue weighted by molar-refractivity contribution is 6.33. The van der Waals surface area contributed by atoms with E-state index in [-0.39, 0.29) is 0 Å². The van der Waals surface area contributed by atoms with Gasteiger partial charge in [-0.2, -0.15) is 0 Å². The zero-order chi connectivity index (χ0) is 13.2. The van der Waals surface area contributed by atoms with Crippen molar-refractivity contribution < 1.29 is 4.42 Å². The number of nitrogens with zero attached hydrogens (tertiary/aromatic N) is 2. The number of rotatable bonds is 2. The first-order chi connectivity index (χ1) is 9.24. The summed E-state index contributed by atoms with van der Waals surface area (Å²) in [6.07, 6.45) is 0. The Hall–Kier alpha value is -2.33. The van der Waals surface area contributed by atoms with Crippen LogP contribution < -0.4 is 5.73 Å². The molecule has 0 bridgehead atoms. The third-order valence-corrected chi connectivity index (χ3v) is 3.02. The van der Waals surface area contributed by atoms with Gasteiger partial charge in [0.25, 0.3) is 0 Å². The quantitative estimate of drug-likeness (QED) is 0.723. The summed E-state index contributed by atoms with van der Waals surface area (Å²) in [6.45, 7) is 0. The highest BCUT2D eigenvalue weighted by Gasteiger charge is 2.12. The molecule has 3 rings (SSSR count). The van der Waals surface area contributed by atoms with Crippen molar-refractivity contribution in [1.82, 2.24) is 10.2 Å². The summed E-state index contributed by atoms with van der Waals surface area (Å²) in [5, 5.41) is 8.61. The minimum absolute atomic E-state index is 0.400. The summed E-state index contributed by atoms with van der Waals surface area (Å²) in [4.78, 5) is 0. The summed E-state index contributed by atoms with van der Waals surface area (Å²) in [5.41, 5.74) is 7.87. The number of hydrogen-bond donors (Lipinski definition) is 1. The van der Waals surface area contributed by atoms with E-state index in [0.29, 0.717) is 22.5 Å². The molecule has 1 aromatic heterocycles. The van der Waals surface area contributed by atoms with E-state index in [1.165, 1.54) is 0 Å². The Kier molecular flexibility index (Phi) is 2.93. The molecule has 0 fully saturated rings. The molecule has 0 saturated heterocycles. The maximum atomic E-state index is 6.09. The molecule has 2 aromatic carbocycles. The Labute approximate surface area is 114 Å². The number of halogens is 1. The monoisotopic (exact) mass is 271 g/mol. The second-order valence-corrected chi connectivity index (χ2v) is 4.42. The predicted molar refractivity (Wildman–Crippen MR) is 74.6 cm³/mol. The molecule has 0 unspecified atom stereocenters. The Morgan fingerprint density at radius 3 is 2.32 bits per heavy atom. The van der Waals surface area contributed by atoms with Crippen LogP contribution in [0.15, 0.2) is 52.9 Å². The van der Waals surface area contributed by atoms with Gasteiger partial charge in [-0.05, 0) is 36.4 Å². The Balaban J connectivity index is 2.00. The van der Waals surface area contributed by atoms with E-state index < -0.39 is 0 Å². The first-order valence-corrected chi connectivity index (χ1v) is 6.06. The zero-order valence-corrected chi connectivity index (χ0v) is 10.6. The van der Waals surface area contributed by atoms with Crippen molar-refractivity contribution >= 4 is 17.3 Å². The lowest BCUT2D eigenvalue weighted by molar-refractivity contribution is 0.584. The molecule has 0 spiro atoms. The number of hydrogen-bond acceptors (Lipinski definition) is 4. The molecule has 0 atom stereocenters. The normalized spacial score (nSPS) is 10.6. The SMILES string of the molecule is Nc1ccc(-c2nnc(-c3ccccc3Cl)o2)cc1. The highest BCUT2D eigenvalue weighted by atomic mass is 35.5. The number of aromatic nitrogens is 2. The third-order valence-electron chi connectivity index (χ3n) is 2.69.